The molecule has 1 unspecified atom stereocenters. The molecule has 0 aromatic heterocycles. The number of nitrogens with one attached hydrogen (secondary N) is 1. The van der Waals surface area contributed by atoms with Crippen molar-refractivity contribution in [2.45, 2.75) is 18.9 Å². The Morgan fingerprint density at radius 1 is 1.24 bits per heavy atom. The standard InChI is InChI=1S/C18H25N3O4/c1-24-14-5-6-15(16(10-14)25-2)18(23)20-8-3-4-13(12-20)21-9-7-19-11-17(21)22/h5-6,10,13,19H,3-4,7-9,11-12H2,1-2H3. The summed E-state index contributed by atoms with van der Waals surface area (Å²) < 4.78 is 10.5. The smallest absolute Gasteiger partial charge is 0.257 e. The third kappa shape index (κ3) is 3.71. The van der Waals surface area contributed by atoms with Crippen molar-refractivity contribution in [2.24, 2.45) is 0 Å². The highest BCUT2D eigenvalue weighted by molar-refractivity contribution is 5.97. The van der Waals surface area contributed by atoms with Gasteiger partial charge < -0.3 is 24.6 Å². The first-order chi connectivity index (χ1) is 12.1. The molecule has 2 aliphatic heterocycles. The highest BCUT2D eigenvalue weighted by Gasteiger charge is 2.32. The van der Waals surface area contributed by atoms with E-state index in [0.29, 0.717) is 43.2 Å². The number of hydrogen-bond acceptors (Lipinski definition) is 5. The van der Waals surface area contributed by atoms with Gasteiger partial charge in [0.15, 0.2) is 0 Å². The Hall–Kier alpha value is -2.28. The number of methoxy groups -OCH3 is 2. The molecule has 2 aliphatic rings. The fourth-order valence-corrected chi connectivity index (χ4v) is 3.55. The van der Waals surface area contributed by atoms with Crippen molar-refractivity contribution in [3.05, 3.63) is 23.8 Å². The van der Waals surface area contributed by atoms with E-state index in [-0.39, 0.29) is 17.9 Å². The van der Waals surface area contributed by atoms with Crippen LogP contribution in [0.4, 0.5) is 0 Å². The van der Waals surface area contributed by atoms with Gasteiger partial charge in [0.1, 0.15) is 11.5 Å². The van der Waals surface area contributed by atoms with Gasteiger partial charge in [-0.25, -0.2) is 0 Å². The summed E-state index contributed by atoms with van der Waals surface area (Å²) in [6.45, 7) is 3.17. The summed E-state index contributed by atoms with van der Waals surface area (Å²) in [5.41, 5.74) is 0.524. The van der Waals surface area contributed by atoms with Crippen LogP contribution in [0.25, 0.3) is 0 Å². The number of amides is 2. The van der Waals surface area contributed by atoms with Crippen molar-refractivity contribution < 1.29 is 19.1 Å². The molecule has 2 heterocycles. The van der Waals surface area contributed by atoms with E-state index in [4.69, 9.17) is 9.47 Å². The first kappa shape index (κ1) is 17.5. The zero-order valence-corrected chi connectivity index (χ0v) is 14.8. The van der Waals surface area contributed by atoms with E-state index in [1.54, 1.807) is 32.4 Å². The molecule has 3 rings (SSSR count). The number of nitrogens with zero attached hydrogens (tertiary/aromatic N) is 2. The molecule has 7 heteroatoms. The topological polar surface area (TPSA) is 71.1 Å². The monoisotopic (exact) mass is 347 g/mol. The molecule has 1 N–H and O–H groups in total. The molecular formula is C18H25N3O4. The Kier molecular flexibility index (Phi) is 5.43. The van der Waals surface area contributed by atoms with Crippen LogP contribution in [0.15, 0.2) is 18.2 Å². The predicted octanol–water partition coefficient (Wildman–Crippen LogP) is 0.740. The number of piperazine rings is 1. The summed E-state index contributed by atoms with van der Waals surface area (Å²) in [6.07, 6.45) is 1.83. The molecule has 1 aromatic carbocycles. The molecule has 136 valence electrons. The number of carbonyl (C=O) groups is 2. The maximum atomic E-state index is 13.0. The molecule has 0 aliphatic carbocycles. The molecule has 1 atom stereocenters. The van der Waals surface area contributed by atoms with Crippen LogP contribution in [0.2, 0.25) is 0 Å². The lowest BCUT2D eigenvalue weighted by molar-refractivity contribution is -0.135. The Morgan fingerprint density at radius 3 is 2.80 bits per heavy atom. The number of benzene rings is 1. The van der Waals surface area contributed by atoms with E-state index in [0.717, 1.165) is 19.4 Å². The fourth-order valence-electron chi connectivity index (χ4n) is 3.55. The quantitative estimate of drug-likeness (QED) is 0.870. The van der Waals surface area contributed by atoms with Crippen molar-refractivity contribution in [2.75, 3.05) is 46.9 Å². The molecule has 0 saturated carbocycles. The molecule has 7 nitrogen and oxygen atoms in total. The fraction of sp³-hybridized carbons (Fsp3) is 0.556. The third-order valence-corrected chi connectivity index (χ3v) is 4.89. The first-order valence-corrected chi connectivity index (χ1v) is 8.65. The van der Waals surface area contributed by atoms with Gasteiger partial charge in [0.2, 0.25) is 5.91 Å². The van der Waals surface area contributed by atoms with Gasteiger partial charge in [0.05, 0.1) is 26.3 Å². The van der Waals surface area contributed by atoms with Crippen LogP contribution in [0.1, 0.15) is 23.2 Å². The Labute approximate surface area is 147 Å². The minimum atomic E-state index is -0.0632. The average Bonchev–Trinajstić information content (AvgIpc) is 2.67. The lowest BCUT2D eigenvalue weighted by atomic mass is 10.0. The molecule has 0 bridgehead atoms. The van der Waals surface area contributed by atoms with Crippen LogP contribution in [0, 0.1) is 0 Å². The molecule has 25 heavy (non-hydrogen) atoms. The van der Waals surface area contributed by atoms with Gasteiger partial charge in [-0.1, -0.05) is 0 Å². The Bertz CT molecular complexity index is 649. The highest BCUT2D eigenvalue weighted by atomic mass is 16.5. The van der Waals surface area contributed by atoms with Crippen molar-refractivity contribution in [1.29, 1.82) is 0 Å². The summed E-state index contributed by atoms with van der Waals surface area (Å²) >= 11 is 0. The summed E-state index contributed by atoms with van der Waals surface area (Å²) in [7, 11) is 3.12. The number of piperidine rings is 1. The maximum absolute atomic E-state index is 13.0. The lowest BCUT2D eigenvalue weighted by Gasteiger charge is -2.41. The van der Waals surface area contributed by atoms with Gasteiger partial charge in [-0.3, -0.25) is 9.59 Å². The second-order valence-electron chi connectivity index (χ2n) is 6.38. The zero-order chi connectivity index (χ0) is 17.8. The highest BCUT2D eigenvalue weighted by Crippen LogP contribution is 2.27. The first-order valence-electron chi connectivity index (χ1n) is 8.65. The largest absolute Gasteiger partial charge is 0.497 e. The van der Waals surface area contributed by atoms with Gasteiger partial charge >= 0.3 is 0 Å². The van der Waals surface area contributed by atoms with Crippen molar-refractivity contribution in [3.63, 3.8) is 0 Å². The van der Waals surface area contributed by atoms with Gasteiger partial charge in [-0.05, 0) is 25.0 Å². The number of likely N-dealkylation sites (tertiary alicyclic amines) is 1. The summed E-state index contributed by atoms with van der Waals surface area (Å²) in [5.74, 6) is 1.21. The Morgan fingerprint density at radius 2 is 2.08 bits per heavy atom. The number of rotatable bonds is 4. The second kappa shape index (κ2) is 7.74. The van der Waals surface area contributed by atoms with Crippen LogP contribution in [-0.4, -0.2) is 74.6 Å². The third-order valence-electron chi connectivity index (χ3n) is 4.89. The molecule has 0 radical (unpaired) electrons. The van der Waals surface area contributed by atoms with E-state index >= 15 is 0 Å². The van der Waals surface area contributed by atoms with Gasteiger partial charge in [-0.15, -0.1) is 0 Å². The Balaban J connectivity index is 1.75. The van der Waals surface area contributed by atoms with Gasteiger partial charge in [0, 0.05) is 38.3 Å². The maximum Gasteiger partial charge on any atom is 0.257 e. The van der Waals surface area contributed by atoms with E-state index in [9.17, 15) is 9.59 Å². The summed E-state index contributed by atoms with van der Waals surface area (Å²) in [5, 5.41) is 3.09. The molecule has 1 aromatic rings. The van der Waals surface area contributed by atoms with E-state index in [2.05, 4.69) is 5.32 Å². The van der Waals surface area contributed by atoms with Crippen LogP contribution in [-0.2, 0) is 4.79 Å². The normalized spacial score (nSPS) is 21.2. The van der Waals surface area contributed by atoms with Crippen LogP contribution >= 0.6 is 0 Å². The van der Waals surface area contributed by atoms with Crippen molar-refractivity contribution in [3.8, 4) is 11.5 Å². The molecule has 2 amide bonds. The van der Waals surface area contributed by atoms with E-state index in [1.165, 1.54) is 0 Å². The molecule has 2 fully saturated rings. The zero-order valence-electron chi connectivity index (χ0n) is 14.8. The van der Waals surface area contributed by atoms with Gasteiger partial charge in [-0.2, -0.15) is 0 Å². The summed E-state index contributed by atoms with van der Waals surface area (Å²) in [6, 6.07) is 5.31. The van der Waals surface area contributed by atoms with Gasteiger partial charge in [0.25, 0.3) is 5.91 Å². The number of carbonyl (C=O) groups excluding carboxylic acids is 2. The van der Waals surface area contributed by atoms with Crippen LogP contribution in [0.3, 0.4) is 0 Å². The van der Waals surface area contributed by atoms with Crippen molar-refractivity contribution >= 4 is 11.8 Å². The molecule has 2 saturated heterocycles. The van der Waals surface area contributed by atoms with Crippen LogP contribution < -0.4 is 14.8 Å². The van der Waals surface area contributed by atoms with E-state index < -0.39 is 0 Å². The number of hydrogen-bond donors (Lipinski definition) is 1. The average molecular weight is 347 g/mol. The summed E-state index contributed by atoms with van der Waals surface area (Å²) in [4.78, 5) is 28.9. The second-order valence-corrected chi connectivity index (χ2v) is 6.38. The van der Waals surface area contributed by atoms with Crippen molar-refractivity contribution in [1.82, 2.24) is 15.1 Å². The minimum absolute atomic E-state index is 0.0632. The lowest BCUT2D eigenvalue weighted by Crippen LogP contribution is -2.57. The minimum Gasteiger partial charge on any atom is -0.497 e. The molecule has 0 spiro atoms. The SMILES string of the molecule is COc1ccc(C(=O)N2CCCC(N3CCNCC3=O)C2)c(OC)c1. The van der Waals surface area contributed by atoms with Crippen LogP contribution in [0.5, 0.6) is 11.5 Å². The predicted molar refractivity (Wildman–Crippen MR) is 93.1 cm³/mol. The number of ether oxygens (including phenoxy) is 2. The molecular weight excluding hydrogens is 322 g/mol. The van der Waals surface area contributed by atoms with E-state index in [1.807, 2.05) is 9.80 Å².